The van der Waals surface area contributed by atoms with E-state index in [0.717, 1.165) is 51.8 Å². The standard InChI is InChI=1S/C26H29FN2O2S.C2H2O4/c1-16-11-21-23(28-16)6-4-7-24(21)31-15-19(30)14-29-10-9-18(12-17(29)2)26-13-20-22(27)5-3-8-25(20)32-26;3-1(4)2(5)6/h3-8,11,13,17-19,28,30H,9-10,12,14-15H2,1-2H3;(H,3,4)(H,5,6)/t17-,18-,19+;/m1./s1. The zero-order valence-corrected chi connectivity index (χ0v) is 22.0. The normalized spacial score (nSPS) is 18.6. The summed E-state index contributed by atoms with van der Waals surface area (Å²) in [6.45, 7) is 6.03. The average molecular weight is 543 g/mol. The molecule has 38 heavy (non-hydrogen) atoms. The molecule has 1 aliphatic heterocycles. The number of piperidine rings is 1. The Bertz CT molecular complexity index is 1420. The van der Waals surface area contributed by atoms with Gasteiger partial charge in [-0.1, -0.05) is 12.1 Å². The van der Waals surface area contributed by atoms with Crippen molar-refractivity contribution in [1.82, 2.24) is 9.88 Å². The maximum atomic E-state index is 14.1. The molecule has 2 aromatic heterocycles. The summed E-state index contributed by atoms with van der Waals surface area (Å²) in [5.41, 5.74) is 2.14. The number of benzene rings is 2. The molecule has 0 bridgehead atoms. The molecule has 0 unspecified atom stereocenters. The van der Waals surface area contributed by atoms with Crippen molar-refractivity contribution in [1.29, 1.82) is 0 Å². The number of β-amino-alcohol motifs (C(OH)–C–C–N with tert-alkyl or cyclic N) is 1. The molecule has 0 aliphatic carbocycles. The lowest BCUT2D eigenvalue weighted by molar-refractivity contribution is -0.159. The van der Waals surface area contributed by atoms with Crippen LogP contribution in [-0.4, -0.2) is 69.0 Å². The Morgan fingerprint density at radius 2 is 1.89 bits per heavy atom. The van der Waals surface area contributed by atoms with Crippen LogP contribution in [0.2, 0.25) is 0 Å². The fourth-order valence-corrected chi connectivity index (χ4v) is 6.12. The molecule has 0 radical (unpaired) electrons. The second-order valence-electron chi connectivity index (χ2n) is 9.61. The molecule has 10 heteroatoms. The van der Waals surface area contributed by atoms with Crippen molar-refractivity contribution < 1.29 is 34.0 Å². The summed E-state index contributed by atoms with van der Waals surface area (Å²) in [4.78, 5) is 25.1. The van der Waals surface area contributed by atoms with Gasteiger partial charge in [0.15, 0.2) is 0 Å². The van der Waals surface area contributed by atoms with Crippen molar-refractivity contribution in [2.24, 2.45) is 0 Å². The summed E-state index contributed by atoms with van der Waals surface area (Å²) in [6.07, 6.45) is 1.49. The smallest absolute Gasteiger partial charge is 0.414 e. The van der Waals surface area contributed by atoms with Crippen LogP contribution in [0, 0.1) is 12.7 Å². The number of carboxylic acid groups (broad SMARTS) is 2. The van der Waals surface area contributed by atoms with Crippen LogP contribution in [0.25, 0.3) is 21.0 Å². The lowest BCUT2D eigenvalue weighted by atomic mass is 9.90. The molecule has 202 valence electrons. The third-order valence-corrected chi connectivity index (χ3v) is 8.02. The van der Waals surface area contributed by atoms with Gasteiger partial charge in [0.25, 0.3) is 0 Å². The average Bonchev–Trinajstić information content (AvgIpc) is 3.48. The summed E-state index contributed by atoms with van der Waals surface area (Å²) in [5, 5.41) is 27.2. The van der Waals surface area contributed by atoms with Crippen molar-refractivity contribution in [3.8, 4) is 5.75 Å². The minimum absolute atomic E-state index is 0.135. The molecule has 4 N–H and O–H groups in total. The van der Waals surface area contributed by atoms with Crippen LogP contribution in [0.15, 0.2) is 48.5 Å². The number of thiophene rings is 1. The van der Waals surface area contributed by atoms with Gasteiger partial charge in [-0.05, 0) is 75.5 Å². The molecule has 4 aromatic rings. The quantitative estimate of drug-likeness (QED) is 0.253. The second kappa shape index (κ2) is 11.9. The zero-order chi connectivity index (χ0) is 27.4. The molecule has 3 atom stereocenters. The van der Waals surface area contributed by atoms with Gasteiger partial charge in [0.2, 0.25) is 0 Å². The number of halogens is 1. The molecular weight excluding hydrogens is 511 g/mol. The Labute approximate surface area is 223 Å². The predicted molar refractivity (Wildman–Crippen MR) is 145 cm³/mol. The highest BCUT2D eigenvalue weighted by molar-refractivity contribution is 7.19. The number of ether oxygens (including phenoxy) is 1. The van der Waals surface area contributed by atoms with Gasteiger partial charge in [0.1, 0.15) is 24.3 Å². The van der Waals surface area contributed by atoms with Crippen LogP contribution in [0.4, 0.5) is 4.39 Å². The van der Waals surface area contributed by atoms with Crippen LogP contribution in [0.1, 0.15) is 36.3 Å². The van der Waals surface area contributed by atoms with E-state index < -0.39 is 18.0 Å². The van der Waals surface area contributed by atoms with E-state index in [1.165, 1.54) is 10.9 Å². The summed E-state index contributed by atoms with van der Waals surface area (Å²) < 4.78 is 21.1. The van der Waals surface area contributed by atoms with Crippen LogP contribution < -0.4 is 4.74 Å². The number of aliphatic hydroxyl groups is 1. The molecule has 2 aromatic carbocycles. The van der Waals surface area contributed by atoms with Crippen LogP contribution in [0.3, 0.4) is 0 Å². The monoisotopic (exact) mass is 542 g/mol. The number of fused-ring (bicyclic) bond motifs is 2. The number of nitrogens with zero attached hydrogens (tertiary/aromatic N) is 1. The first-order valence-electron chi connectivity index (χ1n) is 12.4. The fraction of sp³-hybridized carbons (Fsp3) is 0.357. The molecule has 8 nitrogen and oxygen atoms in total. The topological polar surface area (TPSA) is 123 Å². The molecular formula is C28H31FN2O6S. The van der Waals surface area contributed by atoms with Gasteiger partial charge in [-0.25, -0.2) is 14.0 Å². The first kappa shape index (κ1) is 27.6. The fourth-order valence-electron chi connectivity index (χ4n) is 4.90. The van der Waals surface area contributed by atoms with Crippen LogP contribution >= 0.6 is 11.3 Å². The van der Waals surface area contributed by atoms with Gasteiger partial charge >= 0.3 is 11.9 Å². The van der Waals surface area contributed by atoms with E-state index in [1.807, 2.05) is 37.3 Å². The number of hydrogen-bond acceptors (Lipinski definition) is 6. The molecule has 1 saturated heterocycles. The van der Waals surface area contributed by atoms with Crippen molar-refractivity contribution >= 4 is 44.3 Å². The number of hydrogen-bond donors (Lipinski definition) is 4. The number of carbonyl (C=O) groups is 2. The van der Waals surface area contributed by atoms with Gasteiger partial charge in [-0.2, -0.15) is 0 Å². The number of aromatic nitrogens is 1. The summed E-state index contributed by atoms with van der Waals surface area (Å²) in [7, 11) is 0. The SMILES string of the molecule is Cc1cc2c(OC[C@@H](O)CN3CC[C@@H](c4cc5c(F)cccc5s4)C[C@H]3C)cccc2[nH]1.O=C(O)C(=O)O. The first-order chi connectivity index (χ1) is 18.1. The van der Waals surface area contributed by atoms with Crippen LogP contribution in [-0.2, 0) is 9.59 Å². The highest BCUT2D eigenvalue weighted by Gasteiger charge is 2.29. The second-order valence-corrected chi connectivity index (χ2v) is 10.7. The molecule has 0 saturated carbocycles. The van der Waals surface area contributed by atoms with Crippen molar-refractivity contribution in [2.45, 2.75) is 44.8 Å². The Kier molecular flexibility index (Phi) is 8.65. The highest BCUT2D eigenvalue weighted by atomic mass is 32.1. The van der Waals surface area contributed by atoms with Gasteiger partial charge in [-0.3, -0.25) is 4.90 Å². The number of rotatable bonds is 6. The zero-order valence-electron chi connectivity index (χ0n) is 21.2. The molecule has 3 heterocycles. The number of nitrogens with one attached hydrogen (secondary N) is 1. The lowest BCUT2D eigenvalue weighted by Crippen LogP contribution is -2.45. The van der Waals surface area contributed by atoms with E-state index in [9.17, 15) is 9.50 Å². The Morgan fingerprint density at radius 3 is 2.58 bits per heavy atom. The Hall–Kier alpha value is -3.47. The summed E-state index contributed by atoms with van der Waals surface area (Å²) in [5.74, 6) is -2.54. The van der Waals surface area contributed by atoms with E-state index in [0.29, 0.717) is 18.5 Å². The van der Waals surface area contributed by atoms with Gasteiger partial charge in [-0.15, -0.1) is 11.3 Å². The van der Waals surface area contributed by atoms with Crippen molar-refractivity contribution in [3.05, 3.63) is 64.9 Å². The van der Waals surface area contributed by atoms with E-state index in [1.54, 1.807) is 17.4 Å². The van der Waals surface area contributed by atoms with E-state index in [-0.39, 0.29) is 12.4 Å². The number of aliphatic hydroxyl groups excluding tert-OH is 1. The predicted octanol–water partition coefficient (Wildman–Crippen LogP) is 4.99. The number of carboxylic acids is 2. The number of aliphatic carboxylic acids is 2. The third kappa shape index (κ3) is 6.50. The van der Waals surface area contributed by atoms with E-state index in [2.05, 4.69) is 22.9 Å². The Balaban J connectivity index is 0.000000505. The largest absolute Gasteiger partial charge is 0.490 e. The van der Waals surface area contributed by atoms with E-state index >= 15 is 0 Å². The molecule has 1 aliphatic rings. The maximum absolute atomic E-state index is 14.1. The minimum atomic E-state index is -1.82. The first-order valence-corrected chi connectivity index (χ1v) is 13.2. The molecule has 1 fully saturated rings. The van der Waals surface area contributed by atoms with Crippen molar-refractivity contribution in [2.75, 3.05) is 19.7 Å². The maximum Gasteiger partial charge on any atom is 0.414 e. The number of likely N-dealkylation sites (tertiary alicyclic amines) is 1. The number of aromatic amines is 1. The summed E-state index contributed by atoms with van der Waals surface area (Å²) in [6, 6.07) is 15.7. The number of aryl methyl sites for hydroxylation is 1. The van der Waals surface area contributed by atoms with Crippen LogP contribution in [0.5, 0.6) is 5.75 Å². The van der Waals surface area contributed by atoms with E-state index in [4.69, 9.17) is 24.5 Å². The Morgan fingerprint density at radius 1 is 1.16 bits per heavy atom. The van der Waals surface area contributed by atoms with Gasteiger partial charge in [0, 0.05) is 44.1 Å². The number of H-pyrrole nitrogens is 1. The molecule has 5 rings (SSSR count). The van der Waals surface area contributed by atoms with Crippen molar-refractivity contribution in [3.63, 3.8) is 0 Å². The lowest BCUT2D eigenvalue weighted by Gasteiger charge is -2.38. The molecule has 0 spiro atoms. The van der Waals surface area contributed by atoms with Gasteiger partial charge in [0.05, 0.1) is 0 Å². The molecule has 0 amide bonds. The third-order valence-electron chi connectivity index (χ3n) is 6.76. The summed E-state index contributed by atoms with van der Waals surface area (Å²) >= 11 is 1.71. The highest BCUT2D eigenvalue weighted by Crippen LogP contribution is 2.39. The minimum Gasteiger partial charge on any atom is -0.490 e. The van der Waals surface area contributed by atoms with Gasteiger partial charge < -0.3 is 25.0 Å².